The lowest BCUT2D eigenvalue weighted by Gasteiger charge is -2.23. The maximum Gasteiger partial charge on any atom is 0.239 e. The number of nitrogens with zero attached hydrogens (tertiary/aromatic N) is 1. The molecule has 1 atom stereocenters. The monoisotopic (exact) mass is 244 g/mol. The van der Waals surface area contributed by atoms with Crippen molar-refractivity contribution in [2.75, 3.05) is 13.1 Å². The lowest BCUT2D eigenvalue weighted by molar-refractivity contribution is -0.132. The lowest BCUT2D eigenvalue weighted by atomic mass is 10.0. The average molecular weight is 244 g/mol. The fourth-order valence-electron chi connectivity index (χ4n) is 2.40. The zero-order valence-corrected chi connectivity index (χ0v) is 10.6. The first-order chi connectivity index (χ1) is 8.72. The van der Waals surface area contributed by atoms with Gasteiger partial charge in [0.25, 0.3) is 0 Å². The topological polar surface area (TPSA) is 46.3 Å². The fraction of sp³-hybridized carbons (Fsp3) is 0.400. The first-order valence-corrected chi connectivity index (χ1v) is 6.44. The van der Waals surface area contributed by atoms with E-state index in [0.717, 1.165) is 25.9 Å². The Balaban J connectivity index is 2.03. The van der Waals surface area contributed by atoms with Crippen LogP contribution >= 0.6 is 0 Å². The van der Waals surface area contributed by atoms with Crippen LogP contribution < -0.4 is 5.73 Å². The summed E-state index contributed by atoms with van der Waals surface area (Å²) in [5.41, 5.74) is 8.56. The Bertz CT molecular complexity index is 415. The van der Waals surface area contributed by atoms with E-state index in [1.807, 2.05) is 4.90 Å². The van der Waals surface area contributed by atoms with Crippen molar-refractivity contribution >= 4 is 5.91 Å². The highest BCUT2D eigenvalue weighted by Crippen LogP contribution is 2.16. The van der Waals surface area contributed by atoms with E-state index in [-0.39, 0.29) is 5.91 Å². The first-order valence-electron chi connectivity index (χ1n) is 6.44. The molecule has 0 fully saturated rings. The molecule has 1 aromatic carbocycles. The summed E-state index contributed by atoms with van der Waals surface area (Å²) >= 11 is 0. The van der Waals surface area contributed by atoms with E-state index in [9.17, 15) is 4.79 Å². The van der Waals surface area contributed by atoms with Gasteiger partial charge in [0.1, 0.15) is 0 Å². The van der Waals surface area contributed by atoms with Crippen molar-refractivity contribution in [3.63, 3.8) is 0 Å². The summed E-state index contributed by atoms with van der Waals surface area (Å²) in [6, 6.07) is 7.96. The molecule has 0 bridgehead atoms. The summed E-state index contributed by atoms with van der Waals surface area (Å²) in [5, 5.41) is 0. The highest BCUT2D eigenvalue weighted by molar-refractivity contribution is 5.82. The van der Waals surface area contributed by atoms with Crippen LogP contribution in [-0.2, 0) is 17.6 Å². The molecule has 0 saturated carbocycles. The largest absolute Gasteiger partial charge is 0.341 e. The number of carbonyl (C=O) groups excluding carboxylic acids is 1. The van der Waals surface area contributed by atoms with Crippen molar-refractivity contribution in [3.8, 4) is 0 Å². The molecular formula is C15H20N2O. The van der Waals surface area contributed by atoms with Crippen molar-refractivity contribution < 1.29 is 4.79 Å². The van der Waals surface area contributed by atoms with Crippen molar-refractivity contribution in [2.45, 2.75) is 25.3 Å². The van der Waals surface area contributed by atoms with Crippen LogP contribution in [0.25, 0.3) is 0 Å². The average Bonchev–Trinajstić information content (AvgIpc) is 2.60. The molecule has 18 heavy (non-hydrogen) atoms. The maximum absolute atomic E-state index is 12.1. The van der Waals surface area contributed by atoms with Crippen LogP contribution in [0.4, 0.5) is 0 Å². The van der Waals surface area contributed by atoms with E-state index in [0.29, 0.717) is 6.42 Å². The van der Waals surface area contributed by atoms with E-state index in [1.54, 1.807) is 6.08 Å². The van der Waals surface area contributed by atoms with E-state index >= 15 is 0 Å². The zero-order chi connectivity index (χ0) is 13.0. The summed E-state index contributed by atoms with van der Waals surface area (Å²) in [5.74, 6) is 0.0442. The number of fused-ring (bicyclic) bond motifs is 1. The van der Waals surface area contributed by atoms with Crippen LogP contribution in [0, 0.1) is 0 Å². The van der Waals surface area contributed by atoms with Gasteiger partial charge in [-0.1, -0.05) is 30.3 Å². The van der Waals surface area contributed by atoms with Crippen LogP contribution in [0.3, 0.4) is 0 Å². The quantitative estimate of drug-likeness (QED) is 0.819. The Hall–Kier alpha value is -1.61. The second kappa shape index (κ2) is 5.83. The van der Waals surface area contributed by atoms with E-state index in [2.05, 4.69) is 30.8 Å². The molecular weight excluding hydrogens is 224 g/mol. The molecule has 1 aromatic rings. The lowest BCUT2D eigenvalue weighted by Crippen LogP contribution is -2.44. The molecule has 0 aliphatic carbocycles. The zero-order valence-electron chi connectivity index (χ0n) is 10.6. The van der Waals surface area contributed by atoms with Gasteiger partial charge in [-0.25, -0.2) is 0 Å². The smallest absolute Gasteiger partial charge is 0.239 e. The number of benzene rings is 1. The molecule has 1 amide bonds. The third kappa shape index (κ3) is 2.79. The minimum absolute atomic E-state index is 0.0442. The Morgan fingerprint density at radius 3 is 2.39 bits per heavy atom. The van der Waals surface area contributed by atoms with E-state index in [1.165, 1.54) is 11.1 Å². The minimum Gasteiger partial charge on any atom is -0.341 e. The SMILES string of the molecule is C=CCC(N)C(=O)N1CCc2ccccc2CC1. The predicted molar refractivity (Wildman–Crippen MR) is 73.2 cm³/mol. The molecule has 1 heterocycles. The Morgan fingerprint density at radius 1 is 1.33 bits per heavy atom. The number of carbonyl (C=O) groups is 1. The third-order valence-electron chi connectivity index (χ3n) is 3.47. The summed E-state index contributed by atoms with van der Waals surface area (Å²) in [4.78, 5) is 14.0. The van der Waals surface area contributed by atoms with E-state index < -0.39 is 6.04 Å². The first kappa shape index (κ1) is 12.8. The van der Waals surface area contributed by atoms with Gasteiger partial charge in [0.15, 0.2) is 0 Å². The van der Waals surface area contributed by atoms with Crippen LogP contribution in [0.2, 0.25) is 0 Å². The molecule has 0 aromatic heterocycles. The van der Waals surface area contributed by atoms with Crippen molar-refractivity contribution in [1.82, 2.24) is 4.90 Å². The maximum atomic E-state index is 12.1. The molecule has 1 unspecified atom stereocenters. The van der Waals surface area contributed by atoms with E-state index in [4.69, 9.17) is 5.73 Å². The molecule has 1 aliphatic heterocycles. The van der Waals surface area contributed by atoms with Crippen LogP contribution in [0.15, 0.2) is 36.9 Å². The molecule has 2 N–H and O–H groups in total. The normalized spacial score (nSPS) is 16.6. The van der Waals surface area contributed by atoms with Gasteiger partial charge in [-0.05, 0) is 30.4 Å². The minimum atomic E-state index is -0.441. The number of amides is 1. The van der Waals surface area contributed by atoms with Crippen LogP contribution in [0.1, 0.15) is 17.5 Å². The van der Waals surface area contributed by atoms with Crippen LogP contribution in [-0.4, -0.2) is 29.9 Å². The van der Waals surface area contributed by atoms with Gasteiger partial charge >= 0.3 is 0 Å². The number of hydrogen-bond donors (Lipinski definition) is 1. The number of rotatable bonds is 3. The van der Waals surface area contributed by atoms with Crippen molar-refractivity contribution in [2.24, 2.45) is 5.73 Å². The predicted octanol–water partition coefficient (Wildman–Crippen LogP) is 1.52. The van der Waals surface area contributed by atoms with Gasteiger partial charge in [0, 0.05) is 13.1 Å². The second-order valence-corrected chi connectivity index (χ2v) is 4.72. The van der Waals surface area contributed by atoms with Gasteiger partial charge in [0.05, 0.1) is 6.04 Å². The highest BCUT2D eigenvalue weighted by Gasteiger charge is 2.22. The van der Waals surface area contributed by atoms with Gasteiger partial charge in [0.2, 0.25) is 5.91 Å². The number of hydrogen-bond acceptors (Lipinski definition) is 2. The molecule has 1 aliphatic rings. The summed E-state index contributed by atoms with van der Waals surface area (Å²) in [6.07, 6.45) is 4.09. The Kier molecular flexibility index (Phi) is 4.15. The van der Waals surface area contributed by atoms with Gasteiger partial charge in [-0.2, -0.15) is 0 Å². The standard InChI is InChI=1S/C15H20N2O/c1-2-5-14(16)15(18)17-10-8-12-6-3-4-7-13(12)9-11-17/h2-4,6-7,14H,1,5,8-11,16H2. The second-order valence-electron chi connectivity index (χ2n) is 4.72. The molecule has 0 spiro atoms. The Morgan fingerprint density at radius 2 is 1.89 bits per heavy atom. The number of nitrogens with two attached hydrogens (primary N) is 1. The Labute approximate surface area is 108 Å². The van der Waals surface area contributed by atoms with Crippen LogP contribution in [0.5, 0.6) is 0 Å². The third-order valence-corrected chi connectivity index (χ3v) is 3.47. The molecule has 96 valence electrons. The molecule has 3 nitrogen and oxygen atoms in total. The molecule has 0 radical (unpaired) electrons. The highest BCUT2D eigenvalue weighted by atomic mass is 16.2. The van der Waals surface area contributed by atoms with Gasteiger partial charge < -0.3 is 10.6 Å². The van der Waals surface area contributed by atoms with Crippen molar-refractivity contribution in [3.05, 3.63) is 48.0 Å². The molecule has 0 saturated heterocycles. The molecule has 2 rings (SSSR count). The molecule has 3 heteroatoms. The van der Waals surface area contributed by atoms with Gasteiger partial charge in [-0.3, -0.25) is 4.79 Å². The summed E-state index contributed by atoms with van der Waals surface area (Å²) < 4.78 is 0. The summed E-state index contributed by atoms with van der Waals surface area (Å²) in [7, 11) is 0. The van der Waals surface area contributed by atoms with Gasteiger partial charge in [-0.15, -0.1) is 6.58 Å². The summed E-state index contributed by atoms with van der Waals surface area (Å²) in [6.45, 7) is 5.16. The van der Waals surface area contributed by atoms with Crippen molar-refractivity contribution in [1.29, 1.82) is 0 Å². The fourth-order valence-corrected chi connectivity index (χ4v) is 2.40.